The van der Waals surface area contributed by atoms with Gasteiger partial charge in [-0.2, -0.15) is 0 Å². The first-order valence-electron chi connectivity index (χ1n) is 11.1. The van der Waals surface area contributed by atoms with Crippen molar-refractivity contribution in [2.75, 3.05) is 5.32 Å². The molecule has 0 radical (unpaired) electrons. The van der Waals surface area contributed by atoms with Crippen molar-refractivity contribution in [2.45, 2.75) is 32.7 Å². The van der Waals surface area contributed by atoms with E-state index in [9.17, 15) is 9.90 Å². The molecule has 164 valence electrons. The Morgan fingerprint density at radius 1 is 1.06 bits per heavy atom. The Hall–Kier alpha value is -4.06. The Bertz CT molecular complexity index is 1390. The van der Waals surface area contributed by atoms with Gasteiger partial charge in [0.15, 0.2) is 5.82 Å². The summed E-state index contributed by atoms with van der Waals surface area (Å²) in [4.78, 5) is 26.0. The van der Waals surface area contributed by atoms with Gasteiger partial charge in [0.1, 0.15) is 17.4 Å². The zero-order valence-electron chi connectivity index (χ0n) is 18.4. The lowest BCUT2D eigenvalue weighted by molar-refractivity contribution is -0.118. The molecule has 0 saturated carbocycles. The summed E-state index contributed by atoms with van der Waals surface area (Å²) in [5.74, 6) is 1.54. The predicted octanol–water partition coefficient (Wildman–Crippen LogP) is 5.59. The SMILES string of the molecule is CCCC(=O)Cc1cccc(-c2nc(Nc3ccc4c(c3)C=NC4)c3cc(O)ccc3n2)c1. The van der Waals surface area contributed by atoms with Crippen molar-refractivity contribution >= 4 is 34.4 Å². The summed E-state index contributed by atoms with van der Waals surface area (Å²) in [5.41, 5.74) is 5.68. The average Bonchev–Trinajstić information content (AvgIpc) is 3.27. The summed E-state index contributed by atoms with van der Waals surface area (Å²) < 4.78 is 0. The van der Waals surface area contributed by atoms with Crippen molar-refractivity contribution in [3.8, 4) is 17.1 Å². The molecule has 2 heterocycles. The number of benzene rings is 3. The predicted molar refractivity (Wildman–Crippen MR) is 131 cm³/mol. The lowest BCUT2D eigenvalue weighted by Crippen LogP contribution is -2.03. The van der Waals surface area contributed by atoms with Gasteiger partial charge in [-0.1, -0.05) is 31.2 Å². The minimum absolute atomic E-state index is 0.152. The molecule has 33 heavy (non-hydrogen) atoms. The van der Waals surface area contributed by atoms with Gasteiger partial charge in [-0.25, -0.2) is 9.97 Å². The highest BCUT2D eigenvalue weighted by molar-refractivity contribution is 5.94. The topological polar surface area (TPSA) is 87.5 Å². The summed E-state index contributed by atoms with van der Waals surface area (Å²) in [6.45, 7) is 2.72. The summed E-state index contributed by atoms with van der Waals surface area (Å²) in [6, 6.07) is 19.0. The van der Waals surface area contributed by atoms with E-state index >= 15 is 0 Å². The van der Waals surface area contributed by atoms with Gasteiger partial charge >= 0.3 is 0 Å². The zero-order chi connectivity index (χ0) is 22.8. The van der Waals surface area contributed by atoms with Crippen molar-refractivity contribution in [3.63, 3.8) is 0 Å². The first kappa shape index (κ1) is 20.8. The van der Waals surface area contributed by atoms with Crippen LogP contribution in [0, 0.1) is 0 Å². The van der Waals surface area contributed by atoms with E-state index in [1.807, 2.05) is 49.5 Å². The van der Waals surface area contributed by atoms with Crippen LogP contribution in [-0.2, 0) is 17.8 Å². The maximum absolute atomic E-state index is 12.1. The standard InChI is InChI=1S/C27H24N4O2/c1-2-4-22(32)12-17-5-3-6-18(11-17)26-30-25-10-9-23(33)14-24(25)27(31-26)29-21-8-7-19-15-28-16-20(19)13-21/h3,5-11,13-14,16,33H,2,4,12,15H2,1H3,(H,29,30,31). The normalized spacial score (nSPS) is 12.2. The van der Waals surface area contributed by atoms with Crippen LogP contribution < -0.4 is 5.32 Å². The minimum Gasteiger partial charge on any atom is -0.508 e. The summed E-state index contributed by atoms with van der Waals surface area (Å²) >= 11 is 0. The lowest BCUT2D eigenvalue weighted by atomic mass is 10.0. The van der Waals surface area contributed by atoms with Crippen LogP contribution in [0.25, 0.3) is 22.3 Å². The number of aliphatic imine (C=N–C) groups is 1. The van der Waals surface area contributed by atoms with Crippen LogP contribution in [0.15, 0.2) is 65.7 Å². The van der Waals surface area contributed by atoms with Gasteiger partial charge in [-0.05, 0) is 59.5 Å². The third-order valence-electron chi connectivity index (χ3n) is 5.70. The Morgan fingerprint density at radius 2 is 1.97 bits per heavy atom. The summed E-state index contributed by atoms with van der Waals surface area (Å²) in [7, 11) is 0. The molecule has 1 aromatic heterocycles. The van der Waals surface area contributed by atoms with E-state index < -0.39 is 0 Å². The number of aromatic hydroxyl groups is 1. The van der Waals surface area contributed by atoms with Gasteiger partial charge in [0, 0.05) is 35.7 Å². The van der Waals surface area contributed by atoms with Crippen LogP contribution in [-0.4, -0.2) is 27.1 Å². The molecule has 0 saturated heterocycles. The Labute approximate surface area is 192 Å². The van der Waals surface area contributed by atoms with Crippen molar-refractivity contribution in [1.82, 2.24) is 9.97 Å². The van der Waals surface area contributed by atoms with Gasteiger partial charge in [0.25, 0.3) is 0 Å². The van der Waals surface area contributed by atoms with E-state index in [1.165, 1.54) is 5.56 Å². The Morgan fingerprint density at radius 3 is 2.85 bits per heavy atom. The van der Waals surface area contributed by atoms with Gasteiger partial charge in [0.2, 0.25) is 0 Å². The molecule has 0 bridgehead atoms. The zero-order valence-corrected chi connectivity index (χ0v) is 18.4. The van der Waals surface area contributed by atoms with Crippen LogP contribution in [0.5, 0.6) is 5.75 Å². The van der Waals surface area contributed by atoms with E-state index in [-0.39, 0.29) is 11.5 Å². The number of hydrogen-bond acceptors (Lipinski definition) is 6. The number of rotatable bonds is 7. The number of aromatic nitrogens is 2. The number of fused-ring (bicyclic) bond motifs is 2. The number of nitrogens with one attached hydrogen (secondary N) is 1. The third kappa shape index (κ3) is 4.46. The first-order valence-corrected chi connectivity index (χ1v) is 11.1. The largest absolute Gasteiger partial charge is 0.508 e. The number of Topliss-reactive ketones (excluding diaryl/α,β-unsaturated/α-hetero) is 1. The molecule has 6 heteroatoms. The van der Waals surface area contributed by atoms with Crippen molar-refractivity contribution in [1.29, 1.82) is 0 Å². The second-order valence-electron chi connectivity index (χ2n) is 8.27. The molecule has 5 rings (SSSR count). The number of anilines is 2. The number of hydrogen-bond donors (Lipinski definition) is 2. The molecule has 3 aromatic carbocycles. The van der Waals surface area contributed by atoms with Gasteiger partial charge in [-0.15, -0.1) is 0 Å². The van der Waals surface area contributed by atoms with Crippen molar-refractivity contribution in [2.24, 2.45) is 4.99 Å². The van der Waals surface area contributed by atoms with Crippen LogP contribution >= 0.6 is 0 Å². The number of carbonyl (C=O) groups excluding carboxylic acids is 1. The first-order chi connectivity index (χ1) is 16.1. The quantitative estimate of drug-likeness (QED) is 0.394. The van der Waals surface area contributed by atoms with E-state index in [0.717, 1.165) is 39.7 Å². The van der Waals surface area contributed by atoms with E-state index in [2.05, 4.69) is 16.4 Å². The second-order valence-corrected chi connectivity index (χ2v) is 8.27. The molecular weight excluding hydrogens is 412 g/mol. The van der Waals surface area contributed by atoms with Crippen molar-refractivity contribution < 1.29 is 9.90 Å². The highest BCUT2D eigenvalue weighted by atomic mass is 16.3. The summed E-state index contributed by atoms with van der Waals surface area (Å²) in [5, 5.41) is 14.2. The van der Waals surface area contributed by atoms with Crippen LogP contribution in [0.1, 0.15) is 36.5 Å². The average molecular weight is 437 g/mol. The van der Waals surface area contributed by atoms with E-state index in [0.29, 0.717) is 31.0 Å². The van der Waals surface area contributed by atoms with Crippen molar-refractivity contribution in [3.05, 3.63) is 77.4 Å². The van der Waals surface area contributed by atoms with E-state index in [4.69, 9.17) is 9.97 Å². The molecule has 1 aliphatic heterocycles. The fourth-order valence-electron chi connectivity index (χ4n) is 4.07. The molecule has 0 unspecified atom stereocenters. The fourth-order valence-corrected chi connectivity index (χ4v) is 4.07. The van der Waals surface area contributed by atoms with E-state index in [1.54, 1.807) is 18.2 Å². The number of nitrogens with zero attached hydrogens (tertiary/aromatic N) is 3. The van der Waals surface area contributed by atoms with Crippen LogP contribution in [0.4, 0.5) is 11.5 Å². The number of ketones is 1. The van der Waals surface area contributed by atoms with Crippen LogP contribution in [0.2, 0.25) is 0 Å². The second kappa shape index (κ2) is 8.82. The maximum Gasteiger partial charge on any atom is 0.162 e. The maximum atomic E-state index is 12.1. The minimum atomic E-state index is 0.152. The Balaban J connectivity index is 1.55. The monoisotopic (exact) mass is 436 g/mol. The molecule has 0 amide bonds. The molecule has 0 fully saturated rings. The van der Waals surface area contributed by atoms with Gasteiger partial charge < -0.3 is 10.4 Å². The number of carbonyl (C=O) groups is 1. The smallest absolute Gasteiger partial charge is 0.162 e. The lowest BCUT2D eigenvalue weighted by Gasteiger charge is -2.13. The Kier molecular flexibility index (Phi) is 5.57. The molecule has 6 nitrogen and oxygen atoms in total. The number of phenols is 1. The number of phenolic OH excluding ortho intramolecular Hbond substituents is 1. The molecule has 4 aromatic rings. The highest BCUT2D eigenvalue weighted by Gasteiger charge is 2.13. The van der Waals surface area contributed by atoms with Crippen LogP contribution in [0.3, 0.4) is 0 Å². The third-order valence-corrected chi connectivity index (χ3v) is 5.70. The molecule has 0 aliphatic carbocycles. The molecule has 0 spiro atoms. The molecule has 0 atom stereocenters. The molecular formula is C27H24N4O2. The summed E-state index contributed by atoms with van der Waals surface area (Å²) in [6.07, 6.45) is 3.72. The molecule has 2 N–H and O–H groups in total. The van der Waals surface area contributed by atoms with Gasteiger partial charge in [0.05, 0.1) is 12.1 Å². The highest BCUT2D eigenvalue weighted by Crippen LogP contribution is 2.31. The fraction of sp³-hybridized carbons (Fsp3) is 0.185. The van der Waals surface area contributed by atoms with Gasteiger partial charge in [-0.3, -0.25) is 9.79 Å². The molecule has 1 aliphatic rings.